The Bertz CT molecular complexity index is 178. The predicted octanol–water partition coefficient (Wildman–Crippen LogP) is 4.86. The Labute approximate surface area is 110 Å². The first-order valence-corrected chi connectivity index (χ1v) is 7.48. The average Bonchev–Trinajstić information content (AvgIpc) is 2.11. The van der Waals surface area contributed by atoms with Crippen LogP contribution in [0, 0.1) is 17.3 Å². The van der Waals surface area contributed by atoms with E-state index < -0.39 is 0 Å². The maximum absolute atomic E-state index is 3.65. The molecule has 0 amide bonds. The minimum Gasteiger partial charge on any atom is -0.314 e. The Kier molecular flexibility index (Phi) is 8.11. The van der Waals surface area contributed by atoms with Gasteiger partial charge in [0.05, 0.1) is 0 Å². The second kappa shape index (κ2) is 8.13. The highest BCUT2D eigenvalue weighted by atomic mass is 14.9. The number of rotatable bonds is 8. The minimum atomic E-state index is 0.466. The van der Waals surface area contributed by atoms with Gasteiger partial charge >= 0.3 is 0 Å². The Hall–Kier alpha value is -0.0400. The van der Waals surface area contributed by atoms with Crippen molar-refractivity contribution in [3.8, 4) is 0 Å². The first-order chi connectivity index (χ1) is 7.74. The lowest BCUT2D eigenvalue weighted by atomic mass is 9.82. The van der Waals surface area contributed by atoms with E-state index in [2.05, 4.69) is 53.8 Å². The van der Waals surface area contributed by atoms with Crippen LogP contribution < -0.4 is 5.32 Å². The van der Waals surface area contributed by atoms with Gasteiger partial charge in [-0.2, -0.15) is 0 Å². The summed E-state index contributed by atoms with van der Waals surface area (Å²) in [6.45, 7) is 17.4. The van der Waals surface area contributed by atoms with E-state index in [0.717, 1.165) is 24.4 Å². The summed E-state index contributed by atoms with van der Waals surface area (Å²) in [6.07, 6.45) is 5.34. The van der Waals surface area contributed by atoms with E-state index in [0.29, 0.717) is 5.41 Å². The third-order valence-electron chi connectivity index (χ3n) is 3.23. The van der Waals surface area contributed by atoms with Gasteiger partial charge in [0.2, 0.25) is 0 Å². The Morgan fingerprint density at radius 2 is 1.59 bits per heavy atom. The van der Waals surface area contributed by atoms with Crippen LogP contribution in [0.15, 0.2) is 0 Å². The van der Waals surface area contributed by atoms with Crippen LogP contribution in [0.4, 0.5) is 0 Å². The molecule has 0 heterocycles. The van der Waals surface area contributed by atoms with Gasteiger partial charge < -0.3 is 5.32 Å². The summed E-state index contributed by atoms with van der Waals surface area (Å²) < 4.78 is 0. The summed E-state index contributed by atoms with van der Waals surface area (Å²) in [6, 6.07) is 0.722. The number of hydrogen-bond acceptors (Lipinski definition) is 1. The Balaban J connectivity index is 4.05. The Morgan fingerprint density at radius 3 is 2.00 bits per heavy atom. The van der Waals surface area contributed by atoms with E-state index in [1.54, 1.807) is 0 Å². The largest absolute Gasteiger partial charge is 0.314 e. The molecule has 0 rings (SSSR count). The molecule has 2 atom stereocenters. The molecule has 0 aromatic rings. The molecule has 0 saturated carbocycles. The predicted molar refractivity (Wildman–Crippen MR) is 79.4 cm³/mol. The molecule has 17 heavy (non-hydrogen) atoms. The minimum absolute atomic E-state index is 0.466. The first kappa shape index (κ1) is 17.0. The second-order valence-corrected chi connectivity index (χ2v) is 7.33. The van der Waals surface area contributed by atoms with Crippen LogP contribution in [-0.2, 0) is 0 Å². The van der Waals surface area contributed by atoms with Gasteiger partial charge in [0.15, 0.2) is 0 Å². The zero-order valence-electron chi connectivity index (χ0n) is 13.3. The van der Waals surface area contributed by atoms with Crippen molar-refractivity contribution in [3.63, 3.8) is 0 Å². The molecule has 0 fully saturated rings. The normalized spacial score (nSPS) is 16.2. The third kappa shape index (κ3) is 10.8. The number of hydrogen-bond donors (Lipinski definition) is 1. The fourth-order valence-corrected chi connectivity index (χ4v) is 2.74. The van der Waals surface area contributed by atoms with Crippen molar-refractivity contribution in [2.24, 2.45) is 17.3 Å². The van der Waals surface area contributed by atoms with Crippen molar-refractivity contribution < 1.29 is 0 Å². The van der Waals surface area contributed by atoms with Gasteiger partial charge in [0, 0.05) is 6.04 Å². The molecule has 104 valence electrons. The van der Waals surface area contributed by atoms with Gasteiger partial charge in [0.1, 0.15) is 0 Å². The van der Waals surface area contributed by atoms with Gasteiger partial charge in [-0.3, -0.25) is 0 Å². The van der Waals surface area contributed by atoms with Crippen LogP contribution in [0.25, 0.3) is 0 Å². The molecule has 0 bridgehead atoms. The molecule has 1 N–H and O–H groups in total. The summed E-state index contributed by atoms with van der Waals surface area (Å²) in [4.78, 5) is 0. The summed E-state index contributed by atoms with van der Waals surface area (Å²) in [5.74, 6) is 1.65. The van der Waals surface area contributed by atoms with E-state index in [9.17, 15) is 0 Å². The number of nitrogens with one attached hydrogen (secondary N) is 1. The fourth-order valence-electron chi connectivity index (χ4n) is 2.74. The van der Waals surface area contributed by atoms with Crippen LogP contribution in [0.5, 0.6) is 0 Å². The van der Waals surface area contributed by atoms with E-state index in [1.807, 2.05) is 0 Å². The summed E-state index contributed by atoms with van der Waals surface area (Å²) in [5.41, 5.74) is 0.466. The van der Waals surface area contributed by atoms with Crippen molar-refractivity contribution in [2.75, 3.05) is 6.54 Å². The molecule has 0 aliphatic heterocycles. The molecule has 0 aliphatic rings. The lowest BCUT2D eigenvalue weighted by Gasteiger charge is -2.27. The highest BCUT2D eigenvalue weighted by Gasteiger charge is 2.18. The van der Waals surface area contributed by atoms with Gasteiger partial charge in [-0.25, -0.2) is 0 Å². The van der Waals surface area contributed by atoms with Crippen molar-refractivity contribution in [3.05, 3.63) is 0 Å². The van der Waals surface area contributed by atoms with Gasteiger partial charge in [-0.1, -0.05) is 48.5 Å². The van der Waals surface area contributed by atoms with Gasteiger partial charge in [0.25, 0.3) is 0 Å². The zero-order chi connectivity index (χ0) is 13.5. The van der Waals surface area contributed by atoms with E-state index in [1.165, 1.54) is 25.7 Å². The second-order valence-electron chi connectivity index (χ2n) is 7.33. The Morgan fingerprint density at radius 1 is 1.00 bits per heavy atom. The lowest BCUT2D eigenvalue weighted by Crippen LogP contribution is -2.31. The summed E-state index contributed by atoms with van der Waals surface area (Å²) in [5, 5.41) is 3.65. The SMILES string of the molecule is CCNC(CCC(C)C)CC(C)CC(C)(C)C. The van der Waals surface area contributed by atoms with E-state index >= 15 is 0 Å². The van der Waals surface area contributed by atoms with Crippen molar-refractivity contribution >= 4 is 0 Å². The molecule has 1 nitrogen and oxygen atoms in total. The monoisotopic (exact) mass is 241 g/mol. The van der Waals surface area contributed by atoms with Gasteiger partial charge in [-0.05, 0) is 49.5 Å². The molecule has 0 saturated heterocycles. The maximum Gasteiger partial charge on any atom is 0.00695 e. The van der Waals surface area contributed by atoms with Crippen LogP contribution >= 0.6 is 0 Å². The molecule has 0 aromatic carbocycles. The highest BCUT2D eigenvalue weighted by molar-refractivity contribution is 4.74. The standard InChI is InChI=1S/C16H35N/c1-8-17-15(10-9-13(2)3)11-14(4)12-16(5,6)7/h13-15,17H,8-12H2,1-7H3. The third-order valence-corrected chi connectivity index (χ3v) is 3.23. The molecule has 2 unspecified atom stereocenters. The topological polar surface area (TPSA) is 12.0 Å². The zero-order valence-corrected chi connectivity index (χ0v) is 13.3. The quantitative estimate of drug-likeness (QED) is 0.639. The van der Waals surface area contributed by atoms with Crippen LogP contribution in [0.3, 0.4) is 0 Å². The van der Waals surface area contributed by atoms with Crippen LogP contribution in [-0.4, -0.2) is 12.6 Å². The van der Waals surface area contributed by atoms with Gasteiger partial charge in [-0.15, -0.1) is 0 Å². The highest BCUT2D eigenvalue weighted by Crippen LogP contribution is 2.27. The smallest absolute Gasteiger partial charge is 0.00695 e. The molecule has 1 heteroatoms. The van der Waals surface area contributed by atoms with Crippen molar-refractivity contribution in [2.45, 2.75) is 80.2 Å². The summed E-state index contributed by atoms with van der Waals surface area (Å²) in [7, 11) is 0. The van der Waals surface area contributed by atoms with Crippen LogP contribution in [0.1, 0.15) is 74.1 Å². The fraction of sp³-hybridized carbons (Fsp3) is 1.00. The van der Waals surface area contributed by atoms with E-state index in [4.69, 9.17) is 0 Å². The molecule has 0 aliphatic carbocycles. The molecular weight excluding hydrogens is 206 g/mol. The van der Waals surface area contributed by atoms with Crippen molar-refractivity contribution in [1.82, 2.24) is 5.32 Å². The first-order valence-electron chi connectivity index (χ1n) is 7.48. The molecule has 0 spiro atoms. The average molecular weight is 241 g/mol. The molecular formula is C16H35N. The maximum atomic E-state index is 3.65. The molecule has 0 radical (unpaired) electrons. The lowest BCUT2D eigenvalue weighted by molar-refractivity contribution is 0.267. The molecule has 0 aromatic heterocycles. The van der Waals surface area contributed by atoms with Crippen molar-refractivity contribution in [1.29, 1.82) is 0 Å². The van der Waals surface area contributed by atoms with E-state index in [-0.39, 0.29) is 0 Å². The summed E-state index contributed by atoms with van der Waals surface area (Å²) >= 11 is 0. The van der Waals surface area contributed by atoms with Crippen LogP contribution in [0.2, 0.25) is 0 Å².